The van der Waals surface area contributed by atoms with Gasteiger partial charge in [0.2, 0.25) is 0 Å². The van der Waals surface area contributed by atoms with Gasteiger partial charge in [0.1, 0.15) is 17.4 Å². The zero-order valence-corrected chi connectivity index (χ0v) is 11.8. The van der Waals surface area contributed by atoms with Gasteiger partial charge in [-0.25, -0.2) is 0 Å². The van der Waals surface area contributed by atoms with Crippen LogP contribution in [0.5, 0.6) is 11.5 Å². The summed E-state index contributed by atoms with van der Waals surface area (Å²) >= 11 is 0. The van der Waals surface area contributed by atoms with E-state index in [0.29, 0.717) is 22.4 Å². The number of phenols is 1. The second-order valence-electron chi connectivity index (χ2n) is 5.00. The fourth-order valence-electron chi connectivity index (χ4n) is 2.64. The number of rotatable bonds is 2. The highest BCUT2D eigenvalue weighted by Crippen LogP contribution is 2.43. The van der Waals surface area contributed by atoms with Crippen LogP contribution in [-0.4, -0.2) is 10.0 Å². The van der Waals surface area contributed by atoms with Crippen LogP contribution in [0.3, 0.4) is 0 Å². The van der Waals surface area contributed by atoms with E-state index in [4.69, 9.17) is 15.7 Å². The maximum Gasteiger partial charge on any atom is 0.317 e. The van der Waals surface area contributed by atoms with Gasteiger partial charge < -0.3 is 15.6 Å². The summed E-state index contributed by atoms with van der Waals surface area (Å²) in [5.74, 6) is -0.857. The maximum atomic E-state index is 11.5. The SMILES string of the molecule is N#Cc1cccc([C@@H]2C([N+](=O)[O-])=C(N)Oc3ccc(O)cc32)c1. The molecule has 23 heavy (non-hydrogen) atoms. The van der Waals surface area contributed by atoms with Crippen molar-refractivity contribution in [3.8, 4) is 17.6 Å². The largest absolute Gasteiger partial charge is 0.508 e. The number of nitrogens with two attached hydrogens (primary N) is 1. The normalized spacial score (nSPS) is 16.2. The number of hydrogen-bond acceptors (Lipinski definition) is 6. The van der Waals surface area contributed by atoms with E-state index in [-0.39, 0.29) is 17.3 Å². The molecule has 0 amide bonds. The Balaban J connectivity index is 2.27. The lowest BCUT2D eigenvalue weighted by Gasteiger charge is -2.24. The maximum absolute atomic E-state index is 11.5. The number of nitriles is 1. The second-order valence-corrected chi connectivity index (χ2v) is 5.00. The number of nitrogens with zero attached hydrogens (tertiary/aromatic N) is 2. The van der Waals surface area contributed by atoms with Gasteiger partial charge in [0.25, 0.3) is 5.88 Å². The Morgan fingerprint density at radius 3 is 2.78 bits per heavy atom. The molecule has 0 aliphatic carbocycles. The number of phenolic OH excluding ortho intramolecular Hbond substituents is 1. The van der Waals surface area contributed by atoms with Gasteiger partial charge in [0.05, 0.1) is 16.6 Å². The van der Waals surface area contributed by atoms with E-state index in [1.165, 1.54) is 18.2 Å². The van der Waals surface area contributed by atoms with Crippen molar-refractivity contribution in [2.24, 2.45) is 5.73 Å². The second kappa shape index (κ2) is 5.35. The molecule has 1 heterocycles. The molecule has 1 aliphatic heterocycles. The highest BCUT2D eigenvalue weighted by Gasteiger charge is 2.39. The molecule has 1 atom stereocenters. The van der Waals surface area contributed by atoms with Crippen LogP contribution >= 0.6 is 0 Å². The minimum Gasteiger partial charge on any atom is -0.508 e. The third-order valence-corrected chi connectivity index (χ3v) is 3.60. The van der Waals surface area contributed by atoms with Crippen molar-refractivity contribution in [1.82, 2.24) is 0 Å². The van der Waals surface area contributed by atoms with E-state index >= 15 is 0 Å². The Labute approximate surface area is 131 Å². The molecule has 2 aromatic carbocycles. The molecule has 0 unspecified atom stereocenters. The molecule has 0 saturated heterocycles. The average Bonchev–Trinajstić information content (AvgIpc) is 2.53. The average molecular weight is 309 g/mol. The first-order valence-electron chi connectivity index (χ1n) is 6.66. The lowest BCUT2D eigenvalue weighted by atomic mass is 9.86. The van der Waals surface area contributed by atoms with Crippen molar-refractivity contribution < 1.29 is 14.8 Å². The zero-order chi connectivity index (χ0) is 16.6. The zero-order valence-electron chi connectivity index (χ0n) is 11.8. The summed E-state index contributed by atoms with van der Waals surface area (Å²) in [4.78, 5) is 10.9. The van der Waals surface area contributed by atoms with Gasteiger partial charge in [0.15, 0.2) is 0 Å². The molecule has 3 rings (SSSR count). The van der Waals surface area contributed by atoms with E-state index in [1.807, 2.05) is 6.07 Å². The molecule has 1 aliphatic rings. The predicted molar refractivity (Wildman–Crippen MR) is 79.9 cm³/mol. The van der Waals surface area contributed by atoms with Gasteiger partial charge in [-0.2, -0.15) is 5.26 Å². The minimum absolute atomic E-state index is 0.0445. The van der Waals surface area contributed by atoms with Gasteiger partial charge in [-0.15, -0.1) is 0 Å². The summed E-state index contributed by atoms with van der Waals surface area (Å²) in [6.45, 7) is 0. The van der Waals surface area contributed by atoms with E-state index in [1.54, 1.807) is 24.3 Å². The van der Waals surface area contributed by atoms with E-state index in [0.717, 1.165) is 0 Å². The Hall–Kier alpha value is -3.53. The van der Waals surface area contributed by atoms with Crippen molar-refractivity contribution >= 4 is 0 Å². The quantitative estimate of drug-likeness (QED) is 0.647. The van der Waals surface area contributed by atoms with Gasteiger partial charge in [-0.05, 0) is 35.9 Å². The van der Waals surface area contributed by atoms with Gasteiger partial charge in [0, 0.05) is 5.56 Å². The summed E-state index contributed by atoms with van der Waals surface area (Å²) in [6, 6.07) is 12.8. The lowest BCUT2D eigenvalue weighted by molar-refractivity contribution is -0.432. The molecule has 0 spiro atoms. The van der Waals surface area contributed by atoms with Crippen LogP contribution in [0, 0.1) is 21.4 Å². The van der Waals surface area contributed by atoms with Crippen LogP contribution in [0.15, 0.2) is 54.0 Å². The highest BCUT2D eigenvalue weighted by molar-refractivity contribution is 5.53. The van der Waals surface area contributed by atoms with E-state index in [2.05, 4.69) is 0 Å². The molecular formula is C16H11N3O4. The van der Waals surface area contributed by atoms with Gasteiger partial charge >= 0.3 is 5.70 Å². The summed E-state index contributed by atoms with van der Waals surface area (Å²) < 4.78 is 5.31. The molecule has 0 fully saturated rings. The van der Waals surface area contributed by atoms with Crippen LogP contribution in [0.25, 0.3) is 0 Å². The minimum atomic E-state index is -0.839. The smallest absolute Gasteiger partial charge is 0.317 e. The predicted octanol–water partition coefficient (Wildman–Crippen LogP) is 2.19. The summed E-state index contributed by atoms with van der Waals surface area (Å²) in [5, 5.41) is 30.2. The van der Waals surface area contributed by atoms with Crippen LogP contribution in [0.4, 0.5) is 0 Å². The third kappa shape index (κ3) is 2.42. The van der Waals surface area contributed by atoms with Crippen molar-refractivity contribution in [3.63, 3.8) is 0 Å². The van der Waals surface area contributed by atoms with Gasteiger partial charge in [-0.3, -0.25) is 10.1 Å². The molecular weight excluding hydrogens is 298 g/mol. The fraction of sp³-hybridized carbons (Fsp3) is 0.0625. The standard InChI is InChI=1S/C16H11N3O4/c17-8-9-2-1-3-10(6-9)14-12-7-11(20)4-5-13(12)23-16(18)15(14)19(21)22/h1-7,14,20H,18H2/t14-/m0/s1. The van der Waals surface area contributed by atoms with Crippen molar-refractivity contribution in [1.29, 1.82) is 5.26 Å². The van der Waals surface area contributed by atoms with Crippen molar-refractivity contribution in [2.75, 3.05) is 0 Å². The third-order valence-electron chi connectivity index (χ3n) is 3.60. The van der Waals surface area contributed by atoms with Crippen LogP contribution < -0.4 is 10.5 Å². The number of fused-ring (bicyclic) bond motifs is 1. The number of benzene rings is 2. The van der Waals surface area contributed by atoms with E-state index < -0.39 is 10.8 Å². The Morgan fingerprint density at radius 2 is 2.09 bits per heavy atom. The number of ether oxygens (including phenoxy) is 1. The lowest BCUT2D eigenvalue weighted by Crippen LogP contribution is -2.25. The van der Waals surface area contributed by atoms with Crippen molar-refractivity contribution in [2.45, 2.75) is 5.92 Å². The Bertz CT molecular complexity index is 883. The molecule has 0 aromatic heterocycles. The van der Waals surface area contributed by atoms with Crippen LogP contribution in [0.1, 0.15) is 22.6 Å². The topological polar surface area (TPSA) is 122 Å². The van der Waals surface area contributed by atoms with Crippen LogP contribution in [0.2, 0.25) is 0 Å². The fourth-order valence-corrected chi connectivity index (χ4v) is 2.64. The monoisotopic (exact) mass is 309 g/mol. The number of nitro groups is 1. The molecule has 7 nitrogen and oxygen atoms in total. The molecule has 0 saturated carbocycles. The number of hydrogen-bond donors (Lipinski definition) is 2. The summed E-state index contributed by atoms with van der Waals surface area (Å²) in [5.41, 5.74) is 6.71. The first kappa shape index (κ1) is 14.4. The molecule has 0 radical (unpaired) electrons. The van der Waals surface area contributed by atoms with Crippen molar-refractivity contribution in [3.05, 3.63) is 80.8 Å². The highest BCUT2D eigenvalue weighted by atomic mass is 16.6. The molecule has 7 heteroatoms. The molecule has 0 bridgehead atoms. The molecule has 114 valence electrons. The van der Waals surface area contributed by atoms with Crippen LogP contribution in [-0.2, 0) is 0 Å². The Kier molecular flexibility index (Phi) is 3.35. The molecule has 2 aromatic rings. The number of aromatic hydroxyl groups is 1. The summed E-state index contributed by atoms with van der Waals surface area (Å²) in [6.07, 6.45) is 0. The number of allylic oxidation sites excluding steroid dienone is 1. The van der Waals surface area contributed by atoms with E-state index in [9.17, 15) is 15.2 Å². The first-order chi connectivity index (χ1) is 11.0. The first-order valence-corrected chi connectivity index (χ1v) is 6.66. The summed E-state index contributed by atoms with van der Waals surface area (Å²) in [7, 11) is 0. The molecule has 3 N–H and O–H groups in total. The van der Waals surface area contributed by atoms with Gasteiger partial charge in [-0.1, -0.05) is 12.1 Å². The Morgan fingerprint density at radius 1 is 1.30 bits per heavy atom.